The molecule has 0 spiro atoms. The molecule has 0 aliphatic rings. The van der Waals surface area contributed by atoms with Crippen LogP contribution in [0.4, 0.5) is 0 Å². The van der Waals surface area contributed by atoms with Gasteiger partial charge in [0.15, 0.2) is 0 Å². The molecular weight excluding hydrogens is 208 g/mol. The van der Waals surface area contributed by atoms with Gasteiger partial charge in [0.05, 0.1) is 0 Å². The zero-order valence-electron chi connectivity index (χ0n) is 11.7. The van der Waals surface area contributed by atoms with Gasteiger partial charge in [-0.3, -0.25) is 4.90 Å². The van der Waals surface area contributed by atoms with E-state index in [4.69, 9.17) is 0 Å². The van der Waals surface area contributed by atoms with Crippen LogP contribution in [-0.2, 0) is 6.42 Å². The first kappa shape index (κ1) is 14.2. The molecule has 1 N–H and O–H groups in total. The third-order valence-electron chi connectivity index (χ3n) is 3.38. The zero-order chi connectivity index (χ0) is 12.7. The van der Waals surface area contributed by atoms with E-state index in [0.717, 1.165) is 13.1 Å². The van der Waals surface area contributed by atoms with E-state index in [1.807, 2.05) is 7.05 Å². The van der Waals surface area contributed by atoms with Gasteiger partial charge >= 0.3 is 0 Å². The quantitative estimate of drug-likeness (QED) is 0.780. The smallest absolute Gasteiger partial charge is 0.0317 e. The first-order chi connectivity index (χ1) is 8.19. The second-order valence-corrected chi connectivity index (χ2v) is 4.75. The topological polar surface area (TPSA) is 15.3 Å². The van der Waals surface area contributed by atoms with Crippen molar-refractivity contribution in [2.24, 2.45) is 0 Å². The molecule has 0 bridgehead atoms. The van der Waals surface area contributed by atoms with Gasteiger partial charge in [0, 0.05) is 19.1 Å². The van der Waals surface area contributed by atoms with Crippen molar-refractivity contribution in [2.75, 3.05) is 27.2 Å². The summed E-state index contributed by atoms with van der Waals surface area (Å²) < 4.78 is 0. The van der Waals surface area contributed by atoms with E-state index >= 15 is 0 Å². The molecule has 2 heteroatoms. The molecule has 0 radical (unpaired) electrons. The molecule has 0 fully saturated rings. The lowest BCUT2D eigenvalue weighted by Crippen LogP contribution is -2.29. The molecular formula is C15H26N2. The molecule has 2 nitrogen and oxygen atoms in total. The van der Waals surface area contributed by atoms with E-state index in [-0.39, 0.29) is 0 Å². The fourth-order valence-corrected chi connectivity index (χ4v) is 1.99. The Hall–Kier alpha value is -0.860. The van der Waals surface area contributed by atoms with Gasteiger partial charge in [-0.25, -0.2) is 0 Å². The summed E-state index contributed by atoms with van der Waals surface area (Å²) in [7, 11) is 4.18. The highest BCUT2D eigenvalue weighted by Crippen LogP contribution is 2.19. The summed E-state index contributed by atoms with van der Waals surface area (Å²) in [4.78, 5) is 2.38. The highest BCUT2D eigenvalue weighted by molar-refractivity contribution is 5.24. The van der Waals surface area contributed by atoms with Crippen LogP contribution in [0, 0.1) is 0 Å². The Balaban J connectivity index is 2.58. The van der Waals surface area contributed by atoms with Gasteiger partial charge in [0.25, 0.3) is 0 Å². The number of nitrogens with one attached hydrogen (secondary N) is 1. The summed E-state index contributed by atoms with van der Waals surface area (Å²) in [5.74, 6) is 0. The standard InChI is InChI=1S/C15H26N2/c1-5-6-14-7-9-15(10-8-14)13(2)17(4)12-11-16-3/h7-10,13,16H,5-6,11-12H2,1-4H3. The summed E-state index contributed by atoms with van der Waals surface area (Å²) in [6.07, 6.45) is 2.40. The summed E-state index contributed by atoms with van der Waals surface area (Å²) in [5, 5.41) is 3.19. The van der Waals surface area contributed by atoms with Gasteiger partial charge in [-0.2, -0.15) is 0 Å². The monoisotopic (exact) mass is 234 g/mol. The highest BCUT2D eigenvalue weighted by atomic mass is 15.1. The van der Waals surface area contributed by atoms with Crippen molar-refractivity contribution in [1.29, 1.82) is 0 Å². The lowest BCUT2D eigenvalue weighted by atomic mass is 10.0. The van der Waals surface area contributed by atoms with Crippen molar-refractivity contribution in [1.82, 2.24) is 10.2 Å². The number of hydrogen-bond donors (Lipinski definition) is 1. The van der Waals surface area contributed by atoms with Crippen molar-refractivity contribution in [3.05, 3.63) is 35.4 Å². The predicted octanol–water partition coefficient (Wildman–Crippen LogP) is 2.85. The second kappa shape index (κ2) is 7.46. The fourth-order valence-electron chi connectivity index (χ4n) is 1.99. The Bertz CT molecular complexity index is 305. The molecule has 0 amide bonds. The molecule has 1 atom stereocenters. The first-order valence-electron chi connectivity index (χ1n) is 6.62. The van der Waals surface area contributed by atoms with Crippen LogP contribution in [0.1, 0.15) is 37.4 Å². The highest BCUT2D eigenvalue weighted by Gasteiger charge is 2.10. The Kier molecular flexibility index (Phi) is 6.23. The normalized spacial score (nSPS) is 13.0. The lowest BCUT2D eigenvalue weighted by molar-refractivity contribution is 0.263. The summed E-state index contributed by atoms with van der Waals surface area (Å²) in [5.41, 5.74) is 2.85. The molecule has 17 heavy (non-hydrogen) atoms. The SMILES string of the molecule is CCCc1ccc(C(C)N(C)CCNC)cc1. The summed E-state index contributed by atoms with van der Waals surface area (Å²) in [6.45, 7) is 6.61. The van der Waals surface area contributed by atoms with Gasteiger partial charge in [0.1, 0.15) is 0 Å². The fraction of sp³-hybridized carbons (Fsp3) is 0.600. The van der Waals surface area contributed by atoms with Crippen LogP contribution in [0.2, 0.25) is 0 Å². The van der Waals surface area contributed by atoms with E-state index in [0.29, 0.717) is 6.04 Å². The number of benzene rings is 1. The van der Waals surface area contributed by atoms with Gasteiger partial charge < -0.3 is 5.32 Å². The number of nitrogens with zero attached hydrogens (tertiary/aromatic N) is 1. The maximum Gasteiger partial charge on any atom is 0.0317 e. The molecule has 1 unspecified atom stereocenters. The van der Waals surface area contributed by atoms with Crippen LogP contribution in [0.5, 0.6) is 0 Å². The van der Waals surface area contributed by atoms with Crippen LogP contribution < -0.4 is 5.32 Å². The van der Waals surface area contributed by atoms with Crippen LogP contribution in [0.25, 0.3) is 0 Å². The van der Waals surface area contributed by atoms with Gasteiger partial charge in [-0.1, -0.05) is 37.6 Å². The largest absolute Gasteiger partial charge is 0.318 e. The molecule has 1 aromatic carbocycles. The maximum atomic E-state index is 3.19. The number of rotatable bonds is 7. The van der Waals surface area contributed by atoms with Gasteiger partial charge in [-0.05, 0) is 38.6 Å². The molecule has 0 aliphatic heterocycles. The molecule has 0 saturated carbocycles. The Labute approximate surface area is 106 Å². The van der Waals surface area contributed by atoms with Crippen molar-refractivity contribution < 1.29 is 0 Å². The van der Waals surface area contributed by atoms with E-state index in [1.165, 1.54) is 24.0 Å². The predicted molar refractivity (Wildman–Crippen MR) is 75.4 cm³/mol. The Morgan fingerprint density at radius 1 is 1.24 bits per heavy atom. The minimum Gasteiger partial charge on any atom is -0.318 e. The minimum atomic E-state index is 0.485. The molecule has 0 aliphatic carbocycles. The molecule has 1 aromatic rings. The van der Waals surface area contributed by atoms with Crippen molar-refractivity contribution in [3.8, 4) is 0 Å². The van der Waals surface area contributed by atoms with Crippen LogP contribution >= 0.6 is 0 Å². The van der Waals surface area contributed by atoms with Crippen LogP contribution in [0.3, 0.4) is 0 Å². The van der Waals surface area contributed by atoms with E-state index in [2.05, 4.69) is 55.4 Å². The van der Waals surface area contributed by atoms with E-state index < -0.39 is 0 Å². The summed E-state index contributed by atoms with van der Waals surface area (Å²) in [6, 6.07) is 9.55. The van der Waals surface area contributed by atoms with Gasteiger partial charge in [0.2, 0.25) is 0 Å². The van der Waals surface area contributed by atoms with Crippen LogP contribution in [-0.4, -0.2) is 32.1 Å². The summed E-state index contributed by atoms with van der Waals surface area (Å²) >= 11 is 0. The Morgan fingerprint density at radius 3 is 2.41 bits per heavy atom. The van der Waals surface area contributed by atoms with E-state index in [1.54, 1.807) is 0 Å². The molecule has 0 heterocycles. The molecule has 96 valence electrons. The first-order valence-corrected chi connectivity index (χ1v) is 6.62. The lowest BCUT2D eigenvalue weighted by Gasteiger charge is -2.25. The maximum absolute atomic E-state index is 3.19. The average molecular weight is 234 g/mol. The zero-order valence-corrected chi connectivity index (χ0v) is 11.7. The number of aryl methyl sites for hydroxylation is 1. The van der Waals surface area contributed by atoms with Crippen LogP contribution in [0.15, 0.2) is 24.3 Å². The minimum absolute atomic E-state index is 0.485. The van der Waals surface area contributed by atoms with Crippen molar-refractivity contribution >= 4 is 0 Å². The molecule has 0 aromatic heterocycles. The van der Waals surface area contributed by atoms with Crippen molar-refractivity contribution in [2.45, 2.75) is 32.7 Å². The Morgan fingerprint density at radius 2 is 1.88 bits per heavy atom. The van der Waals surface area contributed by atoms with E-state index in [9.17, 15) is 0 Å². The third kappa shape index (κ3) is 4.49. The van der Waals surface area contributed by atoms with Gasteiger partial charge in [-0.15, -0.1) is 0 Å². The third-order valence-corrected chi connectivity index (χ3v) is 3.38. The second-order valence-electron chi connectivity index (χ2n) is 4.75. The molecule has 1 rings (SSSR count). The van der Waals surface area contributed by atoms with Crippen molar-refractivity contribution in [3.63, 3.8) is 0 Å². The number of hydrogen-bond acceptors (Lipinski definition) is 2. The molecule has 0 saturated heterocycles. The average Bonchev–Trinajstić information content (AvgIpc) is 2.36. The number of likely N-dealkylation sites (N-methyl/N-ethyl adjacent to an activating group) is 2.